The van der Waals surface area contributed by atoms with Gasteiger partial charge in [-0.1, -0.05) is 20.8 Å². The van der Waals surface area contributed by atoms with Gasteiger partial charge in [-0.25, -0.2) is 9.59 Å². The van der Waals surface area contributed by atoms with E-state index in [1.807, 2.05) is 20.8 Å². The molecule has 2 spiro atoms. The number of aliphatic hydroxyl groups excluding tert-OH is 1. The molecular formula is C20H26O10. The Labute approximate surface area is 172 Å². The average molecular weight is 426 g/mol. The third kappa shape index (κ3) is 1.45. The van der Waals surface area contributed by atoms with Crippen molar-refractivity contribution in [3.8, 4) is 0 Å². The quantitative estimate of drug-likeness (QED) is 0.359. The van der Waals surface area contributed by atoms with E-state index >= 15 is 0 Å². The second kappa shape index (κ2) is 5.01. The Balaban J connectivity index is 0.00000193. The summed E-state index contributed by atoms with van der Waals surface area (Å²) in [6, 6.07) is 0. The fourth-order valence-corrected chi connectivity index (χ4v) is 8.06. The van der Waals surface area contributed by atoms with E-state index in [0.717, 1.165) is 0 Å². The summed E-state index contributed by atoms with van der Waals surface area (Å²) in [6.07, 6.45) is -3.96. The Bertz CT molecular complexity index is 895. The van der Waals surface area contributed by atoms with Gasteiger partial charge in [0, 0.05) is 6.42 Å². The zero-order valence-corrected chi connectivity index (χ0v) is 17.1. The summed E-state index contributed by atoms with van der Waals surface area (Å²) in [4.78, 5) is 38.1. The number of carbonyl (C=O) groups is 3. The molecule has 6 aliphatic rings. The highest BCUT2D eigenvalue weighted by atomic mass is 16.8. The van der Waals surface area contributed by atoms with Crippen LogP contribution in [0.4, 0.5) is 0 Å². The molecule has 4 heterocycles. The van der Waals surface area contributed by atoms with Crippen LogP contribution >= 0.6 is 0 Å². The van der Waals surface area contributed by atoms with Gasteiger partial charge in [0.2, 0.25) is 11.9 Å². The fourth-order valence-electron chi connectivity index (χ4n) is 8.06. The van der Waals surface area contributed by atoms with Gasteiger partial charge in [0.1, 0.15) is 12.2 Å². The standard InChI is InChI=1S/C20H24O9.H2O/c1-7-12(22)26-10-6-17-9-5-8(16(2,3)4)18(17)11(21)13(23)28-15(18)29-20(17,14(24)27-9)19(7,10)25;/h7-11,15,21,25H,5-6H2,1-4H3;1H2/t7-,8+,9-,10+,11+,15+,17-,18+,19-,20-;/m1./s1. The predicted molar refractivity (Wildman–Crippen MR) is 94.2 cm³/mol. The van der Waals surface area contributed by atoms with Crippen LogP contribution in [0.2, 0.25) is 0 Å². The van der Waals surface area contributed by atoms with Crippen LogP contribution in [-0.4, -0.2) is 69.4 Å². The molecule has 6 fully saturated rings. The summed E-state index contributed by atoms with van der Waals surface area (Å²) in [5, 5.41) is 23.0. The molecule has 0 aromatic heterocycles. The first-order valence-electron chi connectivity index (χ1n) is 10.1. The number of rotatable bonds is 0. The summed E-state index contributed by atoms with van der Waals surface area (Å²) < 4.78 is 22.9. The van der Waals surface area contributed by atoms with E-state index < -0.39 is 70.5 Å². The van der Waals surface area contributed by atoms with E-state index in [2.05, 4.69) is 0 Å². The highest BCUT2D eigenvalue weighted by Crippen LogP contribution is 2.84. The van der Waals surface area contributed by atoms with E-state index in [0.29, 0.717) is 6.42 Å². The molecule has 0 radical (unpaired) electrons. The Morgan fingerprint density at radius 2 is 1.70 bits per heavy atom. The van der Waals surface area contributed by atoms with Crippen molar-refractivity contribution in [2.45, 2.75) is 76.3 Å². The van der Waals surface area contributed by atoms with Crippen LogP contribution in [0.5, 0.6) is 0 Å². The van der Waals surface area contributed by atoms with Crippen molar-refractivity contribution in [3.05, 3.63) is 0 Å². The molecule has 2 aliphatic carbocycles. The molecule has 10 nitrogen and oxygen atoms in total. The number of hydrogen-bond acceptors (Lipinski definition) is 9. The van der Waals surface area contributed by atoms with Gasteiger partial charge in [0.25, 0.3) is 0 Å². The number of hydrogen-bond donors (Lipinski definition) is 2. The summed E-state index contributed by atoms with van der Waals surface area (Å²) >= 11 is 0. The van der Waals surface area contributed by atoms with Crippen molar-refractivity contribution in [1.29, 1.82) is 0 Å². The van der Waals surface area contributed by atoms with Crippen molar-refractivity contribution in [2.24, 2.45) is 28.1 Å². The van der Waals surface area contributed by atoms with Crippen LogP contribution in [-0.2, 0) is 33.3 Å². The summed E-state index contributed by atoms with van der Waals surface area (Å²) in [5.74, 6) is -3.52. The van der Waals surface area contributed by atoms with Crippen LogP contribution in [0.3, 0.4) is 0 Å². The lowest BCUT2D eigenvalue weighted by atomic mass is 9.51. The van der Waals surface area contributed by atoms with E-state index in [-0.39, 0.29) is 23.2 Å². The van der Waals surface area contributed by atoms with Crippen LogP contribution in [0.15, 0.2) is 0 Å². The minimum atomic E-state index is -1.97. The predicted octanol–water partition coefficient (Wildman–Crippen LogP) is -1.16. The summed E-state index contributed by atoms with van der Waals surface area (Å²) in [5.41, 5.74) is -6.81. The smallest absolute Gasteiger partial charge is 0.342 e. The molecule has 2 saturated carbocycles. The van der Waals surface area contributed by atoms with Gasteiger partial charge >= 0.3 is 17.9 Å². The highest BCUT2D eigenvalue weighted by Gasteiger charge is 3.01. The molecule has 10 heteroatoms. The maximum atomic E-state index is 13.3. The molecular weight excluding hydrogens is 400 g/mol. The molecule has 4 N–H and O–H groups in total. The minimum absolute atomic E-state index is 0. The summed E-state index contributed by atoms with van der Waals surface area (Å²) in [7, 11) is 0. The topological polar surface area (TPSA) is 160 Å². The van der Waals surface area contributed by atoms with E-state index in [1.54, 1.807) is 0 Å². The van der Waals surface area contributed by atoms with E-state index in [4.69, 9.17) is 18.9 Å². The van der Waals surface area contributed by atoms with Crippen LogP contribution < -0.4 is 0 Å². The van der Waals surface area contributed by atoms with Crippen molar-refractivity contribution >= 4 is 17.9 Å². The Hall–Kier alpha value is -1.75. The highest BCUT2D eigenvalue weighted by molar-refractivity contribution is 5.93. The molecule has 4 saturated heterocycles. The van der Waals surface area contributed by atoms with Crippen LogP contribution in [0.25, 0.3) is 0 Å². The van der Waals surface area contributed by atoms with Crippen LogP contribution in [0.1, 0.15) is 40.5 Å². The molecule has 0 aromatic rings. The maximum absolute atomic E-state index is 13.3. The van der Waals surface area contributed by atoms with Gasteiger partial charge in [0.15, 0.2) is 11.7 Å². The maximum Gasteiger partial charge on any atom is 0.342 e. The molecule has 6 rings (SSSR count). The number of ether oxygens (including phenoxy) is 4. The monoisotopic (exact) mass is 426 g/mol. The Morgan fingerprint density at radius 3 is 2.33 bits per heavy atom. The average Bonchev–Trinajstić information content (AvgIpc) is 3.31. The molecule has 166 valence electrons. The Kier molecular flexibility index (Phi) is 3.36. The minimum Gasteiger partial charge on any atom is -0.459 e. The second-order valence-electron chi connectivity index (χ2n) is 10.6. The molecule has 0 unspecified atom stereocenters. The lowest BCUT2D eigenvalue weighted by Gasteiger charge is -2.46. The third-order valence-electron chi connectivity index (χ3n) is 8.97. The summed E-state index contributed by atoms with van der Waals surface area (Å²) in [6.45, 7) is 7.47. The van der Waals surface area contributed by atoms with Gasteiger partial charge in [-0.15, -0.1) is 0 Å². The number of carbonyl (C=O) groups excluding carboxylic acids is 3. The zero-order valence-electron chi connectivity index (χ0n) is 17.1. The SMILES string of the molecule is C[C@@H]1C(=O)O[C@H]2C[C@@]34[C@H]5C[C@@H](C(C)(C)C)[C@]36[C@@H](OC(=O)[C@@H]6O)O[C@@]4(C(=O)O5)[C@]21O.O. The molecule has 30 heavy (non-hydrogen) atoms. The van der Waals surface area contributed by atoms with E-state index in [9.17, 15) is 24.6 Å². The lowest BCUT2D eigenvalue weighted by Crippen LogP contribution is -2.66. The lowest BCUT2D eigenvalue weighted by molar-refractivity contribution is -0.238. The van der Waals surface area contributed by atoms with Gasteiger partial charge < -0.3 is 34.6 Å². The number of esters is 3. The van der Waals surface area contributed by atoms with Gasteiger partial charge in [-0.05, 0) is 24.7 Å². The third-order valence-corrected chi connectivity index (χ3v) is 8.97. The number of fused-ring (bicyclic) bond motifs is 1. The molecule has 0 aromatic carbocycles. The first-order valence-corrected chi connectivity index (χ1v) is 10.1. The number of aliphatic hydroxyl groups is 2. The van der Waals surface area contributed by atoms with Crippen molar-refractivity contribution in [3.63, 3.8) is 0 Å². The van der Waals surface area contributed by atoms with Gasteiger partial charge in [-0.3, -0.25) is 4.79 Å². The van der Waals surface area contributed by atoms with Crippen molar-refractivity contribution in [1.82, 2.24) is 0 Å². The van der Waals surface area contributed by atoms with Crippen molar-refractivity contribution < 1.29 is 49.0 Å². The first-order chi connectivity index (χ1) is 13.4. The second-order valence-corrected chi connectivity index (χ2v) is 10.6. The molecule has 10 atom stereocenters. The normalized spacial score (nSPS) is 57.2. The van der Waals surface area contributed by atoms with Crippen molar-refractivity contribution in [2.75, 3.05) is 0 Å². The molecule has 0 bridgehead atoms. The van der Waals surface area contributed by atoms with Gasteiger partial charge in [-0.2, -0.15) is 0 Å². The van der Waals surface area contributed by atoms with E-state index in [1.165, 1.54) is 6.92 Å². The van der Waals surface area contributed by atoms with Crippen LogP contribution in [0, 0.1) is 28.1 Å². The fraction of sp³-hybridized carbons (Fsp3) is 0.850. The zero-order chi connectivity index (χ0) is 20.9. The Morgan fingerprint density at radius 1 is 1.03 bits per heavy atom. The molecule has 4 aliphatic heterocycles. The first kappa shape index (κ1) is 20.2. The van der Waals surface area contributed by atoms with Gasteiger partial charge in [0.05, 0.1) is 16.7 Å². The molecule has 0 amide bonds. The largest absolute Gasteiger partial charge is 0.459 e.